The van der Waals surface area contributed by atoms with E-state index in [1.165, 1.54) is 30.3 Å². The van der Waals surface area contributed by atoms with E-state index in [0.717, 1.165) is 0 Å². The van der Waals surface area contributed by atoms with Gasteiger partial charge in [-0.25, -0.2) is 8.42 Å². The largest absolute Gasteiger partial charge is 0.494 e. The lowest BCUT2D eigenvalue weighted by Gasteiger charge is -2.11. The molecular weight excluding hydrogens is 475 g/mol. The molecular formula is C22H20Cl2N2O5S. The van der Waals surface area contributed by atoms with Gasteiger partial charge in [0.1, 0.15) is 11.5 Å². The van der Waals surface area contributed by atoms with Crippen LogP contribution in [0.15, 0.2) is 71.6 Å². The van der Waals surface area contributed by atoms with Gasteiger partial charge in [-0.3, -0.25) is 9.52 Å². The molecule has 3 aromatic rings. The van der Waals surface area contributed by atoms with Gasteiger partial charge < -0.3 is 14.8 Å². The second kappa shape index (κ2) is 10.6. The topological polar surface area (TPSA) is 93.7 Å². The third-order valence-corrected chi connectivity index (χ3v) is 6.05. The number of amides is 1. The van der Waals surface area contributed by atoms with Gasteiger partial charge in [0.15, 0.2) is 6.61 Å². The molecule has 0 unspecified atom stereocenters. The molecule has 0 aliphatic rings. The highest BCUT2D eigenvalue weighted by molar-refractivity contribution is 7.92. The van der Waals surface area contributed by atoms with Crippen molar-refractivity contribution >= 4 is 50.5 Å². The van der Waals surface area contributed by atoms with Crippen LogP contribution in [0.2, 0.25) is 10.0 Å². The first-order valence-electron chi connectivity index (χ1n) is 9.50. The van der Waals surface area contributed by atoms with Crippen LogP contribution in [0.25, 0.3) is 0 Å². The van der Waals surface area contributed by atoms with Gasteiger partial charge in [0.05, 0.1) is 16.5 Å². The quantitative estimate of drug-likeness (QED) is 0.425. The van der Waals surface area contributed by atoms with Gasteiger partial charge in [-0.15, -0.1) is 0 Å². The fourth-order valence-electron chi connectivity index (χ4n) is 2.65. The molecule has 0 spiro atoms. The van der Waals surface area contributed by atoms with Crippen molar-refractivity contribution < 1.29 is 22.7 Å². The number of nitrogens with one attached hydrogen (secondary N) is 2. The Morgan fingerprint density at radius 1 is 0.906 bits per heavy atom. The Balaban J connectivity index is 1.57. The Labute approximate surface area is 196 Å². The summed E-state index contributed by atoms with van der Waals surface area (Å²) in [5.41, 5.74) is 0.824. The number of ether oxygens (including phenoxy) is 2. The molecule has 0 heterocycles. The predicted molar refractivity (Wildman–Crippen MR) is 125 cm³/mol. The van der Waals surface area contributed by atoms with Gasteiger partial charge in [0, 0.05) is 16.4 Å². The first-order chi connectivity index (χ1) is 15.3. The predicted octanol–water partition coefficient (Wildman–Crippen LogP) is 5.21. The SMILES string of the molecule is CCOc1ccc(NS(=O)(=O)c2ccc(NC(=O)COc3ccc(Cl)cc3Cl)cc2)cc1. The van der Waals surface area contributed by atoms with Crippen LogP contribution in [-0.4, -0.2) is 27.5 Å². The summed E-state index contributed by atoms with van der Waals surface area (Å²) in [5.74, 6) is 0.546. The highest BCUT2D eigenvalue weighted by Crippen LogP contribution is 2.27. The lowest BCUT2D eigenvalue weighted by molar-refractivity contribution is -0.118. The maximum atomic E-state index is 12.6. The van der Waals surface area contributed by atoms with Crippen molar-refractivity contribution in [3.63, 3.8) is 0 Å². The van der Waals surface area contributed by atoms with Crippen LogP contribution >= 0.6 is 23.2 Å². The third-order valence-electron chi connectivity index (χ3n) is 4.12. The number of rotatable bonds is 9. The number of sulfonamides is 1. The summed E-state index contributed by atoms with van der Waals surface area (Å²) in [6, 6.07) is 17.0. The molecule has 0 fully saturated rings. The maximum Gasteiger partial charge on any atom is 0.262 e. The van der Waals surface area contributed by atoms with E-state index in [1.54, 1.807) is 36.4 Å². The average molecular weight is 495 g/mol. The summed E-state index contributed by atoms with van der Waals surface area (Å²) in [6.07, 6.45) is 0. The number of hydrogen-bond donors (Lipinski definition) is 2. The van der Waals surface area contributed by atoms with E-state index in [9.17, 15) is 13.2 Å². The van der Waals surface area contributed by atoms with Crippen LogP contribution < -0.4 is 19.5 Å². The third kappa shape index (κ3) is 6.53. The van der Waals surface area contributed by atoms with Gasteiger partial charge in [0.25, 0.3) is 15.9 Å². The highest BCUT2D eigenvalue weighted by atomic mass is 35.5. The van der Waals surface area contributed by atoms with Crippen LogP contribution in [0.3, 0.4) is 0 Å². The standard InChI is InChI=1S/C22H20Cl2N2O5S/c1-2-30-18-8-4-17(5-9-18)26-32(28,29)19-10-6-16(7-11-19)25-22(27)14-31-21-12-3-15(23)13-20(21)24/h3-13,26H,2,14H2,1H3,(H,25,27). The second-order valence-electron chi connectivity index (χ2n) is 6.50. The zero-order chi connectivity index (χ0) is 23.1. The molecule has 0 saturated heterocycles. The Kier molecular flexibility index (Phi) is 7.84. The molecule has 7 nitrogen and oxygen atoms in total. The summed E-state index contributed by atoms with van der Waals surface area (Å²) in [7, 11) is -3.79. The molecule has 0 bridgehead atoms. The van der Waals surface area contributed by atoms with Gasteiger partial charge >= 0.3 is 0 Å². The fraction of sp³-hybridized carbons (Fsp3) is 0.136. The maximum absolute atomic E-state index is 12.6. The molecule has 0 atom stereocenters. The number of hydrogen-bond acceptors (Lipinski definition) is 5. The fourth-order valence-corrected chi connectivity index (χ4v) is 4.17. The first kappa shape index (κ1) is 23.7. The minimum atomic E-state index is -3.79. The Morgan fingerprint density at radius 3 is 2.19 bits per heavy atom. The molecule has 32 heavy (non-hydrogen) atoms. The zero-order valence-electron chi connectivity index (χ0n) is 17.0. The minimum Gasteiger partial charge on any atom is -0.494 e. The summed E-state index contributed by atoms with van der Waals surface area (Å²) in [5, 5.41) is 3.38. The van der Waals surface area contributed by atoms with Crippen molar-refractivity contribution in [2.45, 2.75) is 11.8 Å². The number of benzene rings is 3. The average Bonchev–Trinajstić information content (AvgIpc) is 2.75. The molecule has 0 aliphatic carbocycles. The summed E-state index contributed by atoms with van der Waals surface area (Å²) in [4.78, 5) is 12.2. The number of anilines is 2. The Bertz CT molecular complexity index is 1180. The van der Waals surface area contributed by atoms with E-state index in [1.807, 2.05) is 6.92 Å². The smallest absolute Gasteiger partial charge is 0.262 e. The molecule has 168 valence electrons. The molecule has 0 aliphatic heterocycles. The second-order valence-corrected chi connectivity index (χ2v) is 9.02. The molecule has 3 aromatic carbocycles. The molecule has 0 aromatic heterocycles. The number of halogens is 2. The zero-order valence-corrected chi connectivity index (χ0v) is 19.3. The first-order valence-corrected chi connectivity index (χ1v) is 11.7. The number of carbonyl (C=O) groups is 1. The van der Waals surface area contributed by atoms with Crippen LogP contribution in [0.1, 0.15) is 6.92 Å². The lowest BCUT2D eigenvalue weighted by atomic mass is 10.3. The molecule has 3 rings (SSSR count). The Morgan fingerprint density at radius 2 is 1.56 bits per heavy atom. The van der Waals surface area contributed by atoms with Crippen LogP contribution in [0.4, 0.5) is 11.4 Å². The van der Waals surface area contributed by atoms with Gasteiger partial charge in [0.2, 0.25) is 0 Å². The molecule has 10 heteroatoms. The molecule has 0 radical (unpaired) electrons. The number of carbonyl (C=O) groups excluding carboxylic acids is 1. The van der Waals surface area contributed by atoms with Crippen molar-refractivity contribution in [1.82, 2.24) is 0 Å². The lowest BCUT2D eigenvalue weighted by Crippen LogP contribution is -2.20. The summed E-state index contributed by atoms with van der Waals surface area (Å²) < 4.78 is 38.4. The highest BCUT2D eigenvalue weighted by Gasteiger charge is 2.15. The van der Waals surface area contributed by atoms with Gasteiger partial charge in [-0.2, -0.15) is 0 Å². The van der Waals surface area contributed by atoms with E-state index in [4.69, 9.17) is 32.7 Å². The molecule has 0 saturated carbocycles. The normalized spacial score (nSPS) is 11.0. The molecule has 2 N–H and O–H groups in total. The van der Waals surface area contributed by atoms with Crippen molar-refractivity contribution in [1.29, 1.82) is 0 Å². The van der Waals surface area contributed by atoms with Crippen LogP contribution in [-0.2, 0) is 14.8 Å². The van der Waals surface area contributed by atoms with E-state index in [-0.39, 0.29) is 11.5 Å². The summed E-state index contributed by atoms with van der Waals surface area (Å²) in [6.45, 7) is 2.11. The van der Waals surface area contributed by atoms with Crippen molar-refractivity contribution in [2.24, 2.45) is 0 Å². The molecule has 1 amide bonds. The van der Waals surface area contributed by atoms with E-state index >= 15 is 0 Å². The summed E-state index contributed by atoms with van der Waals surface area (Å²) >= 11 is 11.8. The Hall–Kier alpha value is -2.94. The van der Waals surface area contributed by atoms with Crippen molar-refractivity contribution in [3.8, 4) is 11.5 Å². The minimum absolute atomic E-state index is 0.0496. The van der Waals surface area contributed by atoms with E-state index in [0.29, 0.717) is 39.5 Å². The monoisotopic (exact) mass is 494 g/mol. The van der Waals surface area contributed by atoms with Gasteiger partial charge in [-0.05, 0) is 73.7 Å². The van der Waals surface area contributed by atoms with E-state index in [2.05, 4.69) is 10.0 Å². The van der Waals surface area contributed by atoms with Crippen LogP contribution in [0, 0.1) is 0 Å². The van der Waals surface area contributed by atoms with Crippen molar-refractivity contribution in [3.05, 3.63) is 76.8 Å². The van der Waals surface area contributed by atoms with Crippen molar-refractivity contribution in [2.75, 3.05) is 23.3 Å². The van der Waals surface area contributed by atoms with Gasteiger partial charge in [-0.1, -0.05) is 23.2 Å². The van der Waals surface area contributed by atoms with Crippen LogP contribution in [0.5, 0.6) is 11.5 Å². The van der Waals surface area contributed by atoms with E-state index < -0.39 is 15.9 Å².